The lowest BCUT2D eigenvalue weighted by molar-refractivity contribution is 0.581. The fourth-order valence-electron chi connectivity index (χ4n) is 0.439. The fourth-order valence-corrected chi connectivity index (χ4v) is 0.439. The number of nitriles is 1. The van der Waals surface area contributed by atoms with Crippen LogP contribution < -0.4 is 0 Å². The van der Waals surface area contributed by atoms with E-state index in [-0.39, 0.29) is 0 Å². The molecule has 50 valence electrons. The molecule has 0 radical (unpaired) electrons. The van der Waals surface area contributed by atoms with Gasteiger partial charge in [-0.15, -0.1) is 0 Å². The molecule has 1 aromatic carbocycles. The molecule has 1 rings (SSSR count). The second-order valence-electron chi connectivity index (χ2n) is 1.49. The van der Waals surface area contributed by atoms with E-state index < -0.39 is 35.3 Å². The largest absolute Gasteiger partial charge is 0.207 e. The predicted octanol–water partition coefficient (Wildman–Crippen LogP) is 1.84. The minimum Gasteiger partial charge on any atom is -0.207 e. The van der Waals surface area contributed by atoms with E-state index in [4.69, 9.17) is 9.37 Å². The highest BCUT2D eigenvalue weighted by molar-refractivity contribution is 5.30. The van der Waals surface area contributed by atoms with Gasteiger partial charge in [0.2, 0.25) is 0 Å². The van der Waals surface area contributed by atoms with E-state index in [1.807, 2.05) is 0 Å². The first-order valence-electron chi connectivity index (χ1n) is 3.85. The molecule has 0 saturated heterocycles. The summed E-state index contributed by atoms with van der Waals surface area (Å²) in [6.45, 7) is 0. The molecule has 0 saturated carbocycles. The number of rotatable bonds is 0. The van der Waals surface area contributed by atoms with E-state index in [2.05, 4.69) is 0 Å². The molecule has 0 heterocycles. The Morgan fingerprint density at radius 3 is 2.80 bits per heavy atom. The maximum absolute atomic E-state index is 12.9. The lowest BCUT2D eigenvalue weighted by Crippen LogP contribution is -1.83. The van der Waals surface area contributed by atoms with Gasteiger partial charge in [0.25, 0.3) is 0 Å². The van der Waals surface area contributed by atoms with E-state index in [0.717, 1.165) is 0 Å². The summed E-state index contributed by atoms with van der Waals surface area (Å²) in [5.41, 5.74) is -0.767. The lowest BCUT2D eigenvalue weighted by atomic mass is 10.3. The second kappa shape index (κ2) is 2.44. The van der Waals surface area contributed by atoms with Crippen molar-refractivity contribution in [3.05, 3.63) is 35.3 Å². The minimum atomic E-state index is -1.42. The van der Waals surface area contributed by atoms with Crippen LogP contribution in [0.2, 0.25) is 0 Å². The molecule has 0 unspecified atom stereocenters. The molecule has 3 heteroatoms. The van der Waals surface area contributed by atoms with Crippen molar-refractivity contribution >= 4 is 0 Å². The molecule has 0 atom stereocenters. The zero-order valence-electron chi connectivity index (χ0n) is 7.70. The highest BCUT2D eigenvalue weighted by atomic mass is 19.1. The molecule has 1 aromatic rings. The van der Waals surface area contributed by atoms with Gasteiger partial charge >= 0.3 is 0 Å². The van der Waals surface area contributed by atoms with Crippen molar-refractivity contribution in [2.24, 2.45) is 0 Å². The lowest BCUT2D eigenvalue weighted by Gasteiger charge is -1.90. The standard InChI is InChI=1S/C7H3F2N/c8-6-2-1-5(4-10)7(9)3-6/h1-3H/i1D,2D,3D,4+1. The number of halogens is 2. The van der Waals surface area contributed by atoms with Crippen molar-refractivity contribution in [3.63, 3.8) is 0 Å². The fraction of sp³-hybridized carbons (Fsp3) is 0. The average Bonchev–Trinajstić information content (AvgIpc) is 2.13. The van der Waals surface area contributed by atoms with E-state index in [9.17, 15) is 8.78 Å². The van der Waals surface area contributed by atoms with E-state index in [0.29, 0.717) is 0 Å². The molecule has 0 amide bonds. The molecule has 0 aliphatic heterocycles. The normalized spacial score (nSPS) is 13.1. The van der Waals surface area contributed by atoms with E-state index in [1.54, 1.807) is 0 Å². The Labute approximate surface area is 60.7 Å². The highest BCUT2D eigenvalue weighted by Crippen LogP contribution is 2.06. The first-order valence-corrected chi connectivity index (χ1v) is 2.35. The maximum Gasteiger partial charge on any atom is 0.143 e. The first-order chi connectivity index (χ1) is 6.00. The third kappa shape index (κ3) is 1.11. The Bertz CT molecular complexity index is 382. The van der Waals surface area contributed by atoms with Crippen LogP contribution in [-0.4, -0.2) is 0 Å². The smallest absolute Gasteiger partial charge is 0.143 e. The number of benzene rings is 1. The summed E-state index contributed by atoms with van der Waals surface area (Å²) in [4.78, 5) is 0. The van der Waals surface area contributed by atoms with Gasteiger partial charge in [-0.3, -0.25) is 0 Å². The van der Waals surface area contributed by atoms with Gasteiger partial charge in [-0.05, 0) is 12.1 Å². The molecular weight excluding hydrogens is 137 g/mol. The van der Waals surface area contributed by atoms with Gasteiger partial charge in [0.05, 0.1) is 9.68 Å². The third-order valence-corrected chi connectivity index (χ3v) is 0.848. The van der Waals surface area contributed by atoms with Crippen LogP contribution in [0.25, 0.3) is 0 Å². The summed E-state index contributed by atoms with van der Waals surface area (Å²) in [6, 6.07) is -1.59. The van der Waals surface area contributed by atoms with Gasteiger partial charge in [0, 0.05) is 6.04 Å². The SMILES string of the molecule is [2H]c1c([2H])c([13C]#N)c(F)c([2H])c1F. The Kier molecular flexibility index (Phi) is 0.896. The summed E-state index contributed by atoms with van der Waals surface area (Å²) >= 11 is 0. The number of nitrogens with zero attached hydrogens (tertiary/aromatic N) is 1. The van der Waals surface area contributed by atoms with Crippen LogP contribution in [0.1, 0.15) is 9.68 Å². The quantitative estimate of drug-likeness (QED) is 0.508. The van der Waals surface area contributed by atoms with Crippen LogP contribution in [0.4, 0.5) is 8.78 Å². The average molecular weight is 143 g/mol. The molecule has 10 heavy (non-hydrogen) atoms. The molecule has 0 aliphatic rings. The van der Waals surface area contributed by atoms with Gasteiger partial charge < -0.3 is 0 Å². The van der Waals surface area contributed by atoms with Crippen molar-refractivity contribution < 1.29 is 12.9 Å². The third-order valence-electron chi connectivity index (χ3n) is 0.848. The van der Waals surface area contributed by atoms with Gasteiger partial charge in [-0.2, -0.15) is 5.26 Å². The van der Waals surface area contributed by atoms with Gasteiger partial charge in [-0.1, -0.05) is 0 Å². The molecule has 1 nitrogen and oxygen atoms in total. The van der Waals surface area contributed by atoms with Crippen molar-refractivity contribution in [1.82, 2.24) is 0 Å². The second-order valence-corrected chi connectivity index (χ2v) is 1.49. The summed E-state index contributed by atoms with van der Waals surface area (Å²) in [7, 11) is 0. The monoisotopic (exact) mass is 143 g/mol. The van der Waals surface area contributed by atoms with Crippen LogP contribution in [-0.2, 0) is 0 Å². The molecule has 0 fully saturated rings. The summed E-state index contributed by atoms with van der Waals surface area (Å²) in [5, 5.41) is 8.34. The van der Waals surface area contributed by atoms with Crippen LogP contribution in [0, 0.1) is 23.0 Å². The van der Waals surface area contributed by atoms with Crippen LogP contribution in [0.15, 0.2) is 18.1 Å². The highest BCUT2D eigenvalue weighted by Gasteiger charge is 2.00. The van der Waals surface area contributed by atoms with Gasteiger partial charge in [0.15, 0.2) is 0 Å². The van der Waals surface area contributed by atoms with Crippen molar-refractivity contribution in [2.45, 2.75) is 0 Å². The van der Waals surface area contributed by atoms with Gasteiger partial charge in [0.1, 0.15) is 17.7 Å². The van der Waals surface area contributed by atoms with Crippen molar-refractivity contribution in [2.75, 3.05) is 0 Å². The Morgan fingerprint density at radius 2 is 2.20 bits per heavy atom. The zero-order valence-corrected chi connectivity index (χ0v) is 4.70. The predicted molar refractivity (Wildman–Crippen MR) is 31.1 cm³/mol. The van der Waals surface area contributed by atoms with Crippen LogP contribution in [0.5, 0.6) is 0 Å². The van der Waals surface area contributed by atoms with Crippen LogP contribution >= 0.6 is 0 Å². The zero-order chi connectivity index (χ0) is 10.2. The van der Waals surface area contributed by atoms with E-state index in [1.165, 1.54) is 6.07 Å². The summed E-state index contributed by atoms with van der Waals surface area (Å²) in [6.07, 6.45) is 0. The Hall–Kier alpha value is -1.43. The minimum absolute atomic E-state index is 0.767. The Morgan fingerprint density at radius 1 is 1.50 bits per heavy atom. The number of hydrogen-bond acceptors (Lipinski definition) is 1. The molecule has 0 spiro atoms. The van der Waals surface area contributed by atoms with E-state index >= 15 is 0 Å². The maximum atomic E-state index is 12.9. The molecule has 0 bridgehead atoms. The first kappa shape index (κ1) is 3.67. The number of hydrogen-bond donors (Lipinski definition) is 0. The Balaban J connectivity index is 3.69. The van der Waals surface area contributed by atoms with Crippen molar-refractivity contribution in [1.29, 1.82) is 5.26 Å². The van der Waals surface area contributed by atoms with Crippen molar-refractivity contribution in [3.8, 4) is 6.07 Å². The topological polar surface area (TPSA) is 23.8 Å². The summed E-state index contributed by atoms with van der Waals surface area (Å²) < 4.78 is 46.3. The molecule has 0 N–H and O–H groups in total. The molecule has 0 aliphatic carbocycles. The van der Waals surface area contributed by atoms with Gasteiger partial charge in [-0.25, -0.2) is 8.78 Å². The molecular formula is C7H3F2N. The summed E-state index contributed by atoms with van der Waals surface area (Å²) in [5.74, 6) is -2.80. The van der Waals surface area contributed by atoms with Crippen LogP contribution in [0.3, 0.4) is 0 Å². The molecule has 0 aromatic heterocycles.